The SMILES string of the molecule is CCCCC(=O)Nc1cccc(SCC(=O)Nc2nc3ccccc3s2)c1. The van der Waals surface area contributed by atoms with Gasteiger partial charge in [-0.3, -0.25) is 9.59 Å². The van der Waals surface area contributed by atoms with Crippen LogP contribution in [0, 0.1) is 0 Å². The van der Waals surface area contributed by atoms with E-state index in [1.807, 2.05) is 48.5 Å². The van der Waals surface area contributed by atoms with Gasteiger partial charge in [-0.1, -0.05) is 42.9 Å². The van der Waals surface area contributed by atoms with Crippen LogP contribution >= 0.6 is 23.1 Å². The molecule has 0 spiro atoms. The first-order valence-corrected chi connectivity index (χ1v) is 10.6. The maximum absolute atomic E-state index is 12.2. The topological polar surface area (TPSA) is 71.1 Å². The average molecular weight is 400 g/mol. The van der Waals surface area contributed by atoms with E-state index in [0.29, 0.717) is 11.6 Å². The van der Waals surface area contributed by atoms with E-state index in [1.54, 1.807) is 0 Å². The van der Waals surface area contributed by atoms with Gasteiger partial charge in [-0.25, -0.2) is 4.98 Å². The summed E-state index contributed by atoms with van der Waals surface area (Å²) in [6, 6.07) is 15.3. The summed E-state index contributed by atoms with van der Waals surface area (Å²) >= 11 is 2.89. The van der Waals surface area contributed by atoms with Crippen molar-refractivity contribution in [3.63, 3.8) is 0 Å². The Kier molecular flexibility index (Phi) is 6.84. The van der Waals surface area contributed by atoms with E-state index < -0.39 is 0 Å². The lowest BCUT2D eigenvalue weighted by Gasteiger charge is -2.07. The highest BCUT2D eigenvalue weighted by atomic mass is 32.2. The quantitative estimate of drug-likeness (QED) is 0.514. The number of carbonyl (C=O) groups excluding carboxylic acids is 2. The molecule has 27 heavy (non-hydrogen) atoms. The second-order valence-electron chi connectivity index (χ2n) is 6.00. The summed E-state index contributed by atoms with van der Waals surface area (Å²) in [7, 11) is 0. The lowest BCUT2D eigenvalue weighted by molar-refractivity contribution is -0.116. The van der Waals surface area contributed by atoms with E-state index in [2.05, 4.69) is 22.5 Å². The predicted octanol–water partition coefficient (Wildman–Crippen LogP) is 5.16. The molecule has 2 aromatic carbocycles. The smallest absolute Gasteiger partial charge is 0.236 e. The summed E-state index contributed by atoms with van der Waals surface area (Å²) in [5, 5.41) is 6.36. The van der Waals surface area contributed by atoms with Crippen molar-refractivity contribution >= 4 is 55.9 Å². The van der Waals surface area contributed by atoms with Crippen LogP contribution in [0.3, 0.4) is 0 Å². The van der Waals surface area contributed by atoms with Crippen molar-refractivity contribution < 1.29 is 9.59 Å². The van der Waals surface area contributed by atoms with Gasteiger partial charge in [0.15, 0.2) is 5.13 Å². The van der Waals surface area contributed by atoms with Crippen LogP contribution in [0.15, 0.2) is 53.4 Å². The van der Waals surface area contributed by atoms with E-state index in [-0.39, 0.29) is 17.6 Å². The van der Waals surface area contributed by atoms with Gasteiger partial charge < -0.3 is 10.6 Å². The summed E-state index contributed by atoms with van der Waals surface area (Å²) in [6.07, 6.45) is 2.40. The van der Waals surface area contributed by atoms with Crippen molar-refractivity contribution in [3.05, 3.63) is 48.5 Å². The normalized spacial score (nSPS) is 10.7. The number of hydrogen-bond donors (Lipinski definition) is 2. The van der Waals surface area contributed by atoms with Gasteiger partial charge in [0.25, 0.3) is 0 Å². The summed E-state index contributed by atoms with van der Waals surface area (Å²) < 4.78 is 1.05. The highest BCUT2D eigenvalue weighted by Crippen LogP contribution is 2.26. The predicted molar refractivity (Wildman–Crippen MR) is 114 cm³/mol. The number of aromatic nitrogens is 1. The van der Waals surface area contributed by atoms with Gasteiger partial charge in [0, 0.05) is 17.0 Å². The maximum Gasteiger partial charge on any atom is 0.236 e. The van der Waals surface area contributed by atoms with Crippen molar-refractivity contribution in [2.24, 2.45) is 0 Å². The largest absolute Gasteiger partial charge is 0.326 e. The monoisotopic (exact) mass is 399 g/mol. The Morgan fingerprint density at radius 2 is 1.93 bits per heavy atom. The van der Waals surface area contributed by atoms with Gasteiger partial charge in [0.1, 0.15) is 0 Å². The number of thioether (sulfide) groups is 1. The second-order valence-corrected chi connectivity index (χ2v) is 8.08. The summed E-state index contributed by atoms with van der Waals surface area (Å²) in [5.74, 6) is 0.201. The molecule has 7 heteroatoms. The number of amides is 2. The molecule has 0 aliphatic carbocycles. The molecule has 140 valence electrons. The molecule has 0 bridgehead atoms. The molecule has 2 N–H and O–H groups in total. The molecular formula is C20H21N3O2S2. The third-order valence-corrected chi connectivity index (χ3v) is 5.73. The Morgan fingerprint density at radius 1 is 1.07 bits per heavy atom. The minimum absolute atomic E-state index is 0.0209. The van der Waals surface area contributed by atoms with E-state index in [9.17, 15) is 9.59 Å². The van der Waals surface area contributed by atoms with Crippen molar-refractivity contribution in [1.82, 2.24) is 4.98 Å². The van der Waals surface area contributed by atoms with Crippen LogP contribution < -0.4 is 10.6 Å². The fourth-order valence-electron chi connectivity index (χ4n) is 2.45. The number of rotatable bonds is 8. The Morgan fingerprint density at radius 3 is 2.74 bits per heavy atom. The molecule has 0 atom stereocenters. The molecule has 0 aliphatic heterocycles. The zero-order chi connectivity index (χ0) is 19.1. The van der Waals surface area contributed by atoms with Crippen LogP contribution in [-0.2, 0) is 9.59 Å². The molecule has 1 heterocycles. The molecular weight excluding hydrogens is 378 g/mol. The third-order valence-electron chi connectivity index (χ3n) is 3.79. The van der Waals surface area contributed by atoms with Crippen LogP contribution in [0.1, 0.15) is 26.2 Å². The standard InChI is InChI=1S/C20H21N3O2S2/c1-2-3-11-18(24)21-14-7-6-8-15(12-14)26-13-19(25)23-20-22-16-9-4-5-10-17(16)27-20/h4-10,12H,2-3,11,13H2,1H3,(H,21,24)(H,22,23,25). The Bertz CT molecular complexity index is 907. The highest BCUT2D eigenvalue weighted by Gasteiger charge is 2.09. The van der Waals surface area contributed by atoms with Crippen molar-refractivity contribution in [2.45, 2.75) is 31.1 Å². The molecule has 3 rings (SSSR count). The number of nitrogens with one attached hydrogen (secondary N) is 2. The lowest BCUT2D eigenvalue weighted by atomic mass is 10.2. The highest BCUT2D eigenvalue weighted by molar-refractivity contribution is 8.00. The summed E-state index contributed by atoms with van der Waals surface area (Å²) in [6.45, 7) is 2.06. The molecule has 0 fully saturated rings. The van der Waals surface area contributed by atoms with Crippen LogP contribution in [-0.4, -0.2) is 22.6 Å². The number of anilines is 2. The zero-order valence-electron chi connectivity index (χ0n) is 15.0. The number of carbonyl (C=O) groups is 2. The molecule has 1 aromatic heterocycles. The number of fused-ring (bicyclic) bond motifs is 1. The van der Waals surface area contributed by atoms with E-state index in [4.69, 9.17) is 0 Å². The van der Waals surface area contributed by atoms with E-state index in [0.717, 1.165) is 33.6 Å². The van der Waals surface area contributed by atoms with Crippen LogP contribution in [0.4, 0.5) is 10.8 Å². The van der Waals surface area contributed by atoms with Crippen molar-refractivity contribution in [2.75, 3.05) is 16.4 Å². The van der Waals surface area contributed by atoms with E-state index >= 15 is 0 Å². The Hall–Kier alpha value is -2.38. The molecule has 0 unspecified atom stereocenters. The van der Waals surface area contributed by atoms with Crippen LogP contribution in [0.25, 0.3) is 10.2 Å². The fraction of sp³-hybridized carbons (Fsp3) is 0.250. The molecule has 3 aromatic rings. The molecule has 0 saturated carbocycles. The van der Waals surface area contributed by atoms with Crippen molar-refractivity contribution in [1.29, 1.82) is 0 Å². The average Bonchev–Trinajstić information content (AvgIpc) is 3.07. The first kappa shape index (κ1) is 19.4. The molecule has 2 amide bonds. The van der Waals surface area contributed by atoms with Gasteiger partial charge in [-0.05, 0) is 36.8 Å². The Labute approximate surface area is 166 Å². The zero-order valence-corrected chi connectivity index (χ0v) is 16.7. The fourth-order valence-corrected chi connectivity index (χ4v) is 4.09. The van der Waals surface area contributed by atoms with Gasteiger partial charge >= 0.3 is 0 Å². The Balaban J connectivity index is 1.52. The molecule has 0 saturated heterocycles. The van der Waals surface area contributed by atoms with Gasteiger partial charge in [0.05, 0.1) is 16.0 Å². The van der Waals surface area contributed by atoms with Crippen LogP contribution in [0.5, 0.6) is 0 Å². The van der Waals surface area contributed by atoms with Crippen molar-refractivity contribution in [3.8, 4) is 0 Å². The molecule has 0 radical (unpaired) electrons. The van der Waals surface area contributed by atoms with E-state index in [1.165, 1.54) is 23.1 Å². The number of thiazole rings is 1. The summed E-state index contributed by atoms with van der Waals surface area (Å²) in [4.78, 5) is 29.4. The molecule has 5 nitrogen and oxygen atoms in total. The first-order valence-electron chi connectivity index (χ1n) is 8.82. The second kappa shape index (κ2) is 9.53. The number of para-hydroxylation sites is 1. The van der Waals surface area contributed by atoms with Gasteiger partial charge in [-0.2, -0.15) is 0 Å². The van der Waals surface area contributed by atoms with Gasteiger partial charge in [0.2, 0.25) is 11.8 Å². The summed E-state index contributed by atoms with van der Waals surface area (Å²) in [5.41, 5.74) is 1.64. The number of unbranched alkanes of at least 4 members (excludes halogenated alkanes) is 1. The number of hydrogen-bond acceptors (Lipinski definition) is 5. The minimum Gasteiger partial charge on any atom is -0.326 e. The number of nitrogens with zero attached hydrogens (tertiary/aromatic N) is 1. The van der Waals surface area contributed by atoms with Gasteiger partial charge in [-0.15, -0.1) is 11.8 Å². The third kappa shape index (κ3) is 5.80. The maximum atomic E-state index is 12.2. The minimum atomic E-state index is -0.101. The lowest BCUT2D eigenvalue weighted by Crippen LogP contribution is -2.13. The molecule has 0 aliphatic rings. The first-order chi connectivity index (χ1) is 13.1. The number of benzene rings is 2. The van der Waals surface area contributed by atoms with Crippen LogP contribution in [0.2, 0.25) is 0 Å².